The second-order valence-electron chi connectivity index (χ2n) is 9.34. The van der Waals surface area contributed by atoms with Crippen LogP contribution in [-0.2, 0) is 4.74 Å². The minimum Gasteiger partial charge on any atom is -0.490 e. The normalized spacial score (nSPS) is 15.1. The number of carbonyl (C=O) groups is 1. The van der Waals surface area contributed by atoms with Gasteiger partial charge in [-0.25, -0.2) is 0 Å². The van der Waals surface area contributed by atoms with Gasteiger partial charge in [0.2, 0.25) is 5.76 Å². The summed E-state index contributed by atoms with van der Waals surface area (Å²) in [5.41, 5.74) is 2.33. The van der Waals surface area contributed by atoms with E-state index in [2.05, 4.69) is 0 Å². The molecular weight excluding hydrogens is 458 g/mol. The van der Waals surface area contributed by atoms with Gasteiger partial charge in [0.25, 0.3) is 5.91 Å². The van der Waals surface area contributed by atoms with Crippen LogP contribution >= 0.6 is 0 Å². The number of aryl methyl sites for hydroxylation is 1. The highest BCUT2D eigenvalue weighted by atomic mass is 16.5. The third-order valence-corrected chi connectivity index (χ3v) is 6.16. The Morgan fingerprint density at radius 2 is 1.81 bits per heavy atom. The maximum absolute atomic E-state index is 13.8. The molecule has 0 fully saturated rings. The van der Waals surface area contributed by atoms with Crippen LogP contribution in [0.25, 0.3) is 11.0 Å². The molecule has 0 radical (unpaired) electrons. The number of benzene rings is 2. The lowest BCUT2D eigenvalue weighted by Gasteiger charge is -2.26. The topological polar surface area (TPSA) is 78.2 Å². The van der Waals surface area contributed by atoms with Crippen molar-refractivity contribution in [3.8, 4) is 11.5 Å². The zero-order valence-electron chi connectivity index (χ0n) is 21.8. The fraction of sp³-hybridized carbons (Fsp3) is 0.448. The Labute approximate surface area is 212 Å². The highest BCUT2D eigenvalue weighted by Gasteiger charge is 2.42. The number of nitrogens with zero attached hydrogens (tertiary/aromatic N) is 1. The summed E-state index contributed by atoms with van der Waals surface area (Å²) in [6.45, 7) is 11.8. The first-order chi connectivity index (χ1) is 17.3. The van der Waals surface area contributed by atoms with Crippen molar-refractivity contribution >= 4 is 16.9 Å². The summed E-state index contributed by atoms with van der Waals surface area (Å²) < 4.78 is 23.5. The monoisotopic (exact) mass is 493 g/mol. The van der Waals surface area contributed by atoms with Gasteiger partial charge in [0.15, 0.2) is 16.9 Å². The van der Waals surface area contributed by atoms with E-state index in [4.69, 9.17) is 18.6 Å². The van der Waals surface area contributed by atoms with Gasteiger partial charge in [-0.3, -0.25) is 9.59 Å². The molecule has 192 valence electrons. The Bertz CT molecular complexity index is 1290. The highest BCUT2D eigenvalue weighted by molar-refractivity contribution is 5.99. The largest absolute Gasteiger partial charge is 0.490 e. The summed E-state index contributed by atoms with van der Waals surface area (Å²) in [5, 5.41) is 0.476. The van der Waals surface area contributed by atoms with Crippen molar-refractivity contribution in [2.24, 2.45) is 0 Å². The van der Waals surface area contributed by atoms with Crippen molar-refractivity contribution in [2.45, 2.75) is 59.6 Å². The predicted molar refractivity (Wildman–Crippen MR) is 139 cm³/mol. The van der Waals surface area contributed by atoms with Gasteiger partial charge in [-0.1, -0.05) is 24.6 Å². The van der Waals surface area contributed by atoms with Crippen molar-refractivity contribution < 1.29 is 23.4 Å². The third-order valence-electron chi connectivity index (χ3n) is 6.16. The standard InChI is InChI=1S/C29H35NO6/c1-6-14-35-23-12-10-20(17-24(23)33-7-2)26-25-27(31)21-16-19(5)9-11-22(21)36-28(25)29(32)30(26)13-8-15-34-18(3)4/h9-12,16-18,26H,6-8,13-15H2,1-5H3. The molecule has 0 bridgehead atoms. The third kappa shape index (κ3) is 5.12. The zero-order valence-corrected chi connectivity index (χ0v) is 21.8. The van der Waals surface area contributed by atoms with E-state index in [1.165, 1.54) is 0 Å². The van der Waals surface area contributed by atoms with Crippen molar-refractivity contribution in [1.82, 2.24) is 4.90 Å². The summed E-state index contributed by atoms with van der Waals surface area (Å²) in [5.74, 6) is 1.05. The summed E-state index contributed by atoms with van der Waals surface area (Å²) in [6.07, 6.45) is 1.61. The number of ether oxygens (including phenoxy) is 3. The highest BCUT2D eigenvalue weighted by Crippen LogP contribution is 2.41. The molecule has 0 saturated heterocycles. The van der Waals surface area contributed by atoms with Crippen LogP contribution in [0.3, 0.4) is 0 Å². The summed E-state index contributed by atoms with van der Waals surface area (Å²) >= 11 is 0. The second-order valence-corrected chi connectivity index (χ2v) is 9.34. The van der Waals surface area contributed by atoms with Gasteiger partial charge in [0, 0.05) is 13.2 Å². The molecule has 7 nitrogen and oxygen atoms in total. The minimum absolute atomic E-state index is 0.105. The van der Waals surface area contributed by atoms with Crippen LogP contribution in [0.5, 0.6) is 11.5 Å². The van der Waals surface area contributed by atoms with Crippen LogP contribution in [0, 0.1) is 6.92 Å². The second kappa shape index (κ2) is 11.2. The van der Waals surface area contributed by atoms with Crippen LogP contribution in [0.15, 0.2) is 45.6 Å². The molecule has 1 aliphatic heterocycles. The zero-order chi connectivity index (χ0) is 25.8. The van der Waals surface area contributed by atoms with E-state index >= 15 is 0 Å². The molecule has 4 rings (SSSR count). The lowest BCUT2D eigenvalue weighted by atomic mass is 9.97. The number of carbonyl (C=O) groups excluding carboxylic acids is 1. The molecule has 1 atom stereocenters. The molecule has 1 amide bonds. The lowest BCUT2D eigenvalue weighted by molar-refractivity contribution is 0.0593. The summed E-state index contributed by atoms with van der Waals surface area (Å²) in [7, 11) is 0. The molecular formula is C29H35NO6. The lowest BCUT2D eigenvalue weighted by Crippen LogP contribution is -2.31. The Morgan fingerprint density at radius 1 is 1.00 bits per heavy atom. The predicted octanol–water partition coefficient (Wildman–Crippen LogP) is 5.65. The maximum Gasteiger partial charge on any atom is 0.290 e. The smallest absolute Gasteiger partial charge is 0.290 e. The van der Waals surface area contributed by atoms with E-state index < -0.39 is 6.04 Å². The molecule has 1 unspecified atom stereocenters. The van der Waals surface area contributed by atoms with Gasteiger partial charge in [0.1, 0.15) is 5.58 Å². The van der Waals surface area contributed by atoms with E-state index in [1.807, 2.05) is 65.0 Å². The SMILES string of the molecule is CCCOc1ccc(C2c3c(oc4ccc(C)cc4c3=O)C(=O)N2CCCOC(C)C)cc1OCC. The molecule has 1 aliphatic rings. The van der Waals surface area contributed by atoms with Crippen molar-refractivity contribution in [3.05, 3.63) is 69.1 Å². The van der Waals surface area contributed by atoms with Crippen LogP contribution in [-0.4, -0.2) is 43.3 Å². The van der Waals surface area contributed by atoms with Gasteiger partial charge >= 0.3 is 0 Å². The van der Waals surface area contributed by atoms with Crippen LogP contribution in [0.4, 0.5) is 0 Å². The molecule has 0 saturated carbocycles. The first-order valence-corrected chi connectivity index (χ1v) is 12.7. The Hall–Kier alpha value is -3.32. The van der Waals surface area contributed by atoms with Gasteiger partial charge in [-0.05, 0) is 70.4 Å². The fourth-order valence-corrected chi connectivity index (χ4v) is 4.56. The van der Waals surface area contributed by atoms with Crippen LogP contribution < -0.4 is 14.9 Å². The van der Waals surface area contributed by atoms with E-state index in [9.17, 15) is 9.59 Å². The molecule has 36 heavy (non-hydrogen) atoms. The van der Waals surface area contributed by atoms with E-state index in [1.54, 1.807) is 11.0 Å². The molecule has 0 spiro atoms. The number of hydrogen-bond acceptors (Lipinski definition) is 6. The maximum atomic E-state index is 13.8. The van der Waals surface area contributed by atoms with E-state index in [-0.39, 0.29) is 23.2 Å². The van der Waals surface area contributed by atoms with Crippen molar-refractivity contribution in [3.63, 3.8) is 0 Å². The Kier molecular flexibility index (Phi) is 7.99. The number of hydrogen-bond donors (Lipinski definition) is 0. The molecule has 0 N–H and O–H groups in total. The van der Waals surface area contributed by atoms with E-state index in [0.29, 0.717) is 60.8 Å². The fourth-order valence-electron chi connectivity index (χ4n) is 4.56. The van der Waals surface area contributed by atoms with Crippen molar-refractivity contribution in [2.75, 3.05) is 26.4 Å². The van der Waals surface area contributed by atoms with Gasteiger partial charge < -0.3 is 23.5 Å². The van der Waals surface area contributed by atoms with Crippen LogP contribution in [0.2, 0.25) is 0 Å². The van der Waals surface area contributed by atoms with Gasteiger partial charge in [0.05, 0.1) is 36.3 Å². The average Bonchev–Trinajstić information content (AvgIpc) is 3.13. The molecule has 1 aromatic heterocycles. The molecule has 2 heterocycles. The molecule has 3 aromatic rings. The number of amides is 1. The van der Waals surface area contributed by atoms with Crippen molar-refractivity contribution in [1.29, 1.82) is 0 Å². The van der Waals surface area contributed by atoms with E-state index in [0.717, 1.165) is 17.5 Å². The first kappa shape index (κ1) is 25.8. The molecule has 0 aliphatic carbocycles. The molecule has 7 heteroatoms. The minimum atomic E-state index is -0.591. The first-order valence-electron chi connectivity index (χ1n) is 12.7. The van der Waals surface area contributed by atoms with Gasteiger partial charge in [-0.15, -0.1) is 0 Å². The number of rotatable bonds is 11. The average molecular weight is 494 g/mol. The number of fused-ring (bicyclic) bond motifs is 2. The Morgan fingerprint density at radius 3 is 2.53 bits per heavy atom. The van der Waals surface area contributed by atoms with Gasteiger partial charge in [-0.2, -0.15) is 0 Å². The summed E-state index contributed by atoms with van der Waals surface area (Å²) in [6, 6.07) is 10.5. The van der Waals surface area contributed by atoms with Crippen LogP contribution in [0.1, 0.15) is 73.8 Å². The Balaban J connectivity index is 1.82. The molecule has 2 aromatic carbocycles. The summed E-state index contributed by atoms with van der Waals surface area (Å²) in [4.78, 5) is 29.1. The quantitative estimate of drug-likeness (QED) is 0.321.